The standard InChI is InChI=1S/C17H22OS2/c1-3-12-8-9-16(2)14-6-5-13(18)10-11(14)4-7-15(16)17(12,19)20/h3,5-6,10,15,18-20H,4,7-9H2,1-2H3/t15-,16-/m0/s1. The van der Waals surface area contributed by atoms with E-state index in [1.807, 2.05) is 12.1 Å². The van der Waals surface area contributed by atoms with E-state index in [2.05, 4.69) is 26.0 Å². The molecule has 0 amide bonds. The molecular formula is C17H22OS2. The van der Waals surface area contributed by atoms with Crippen LogP contribution >= 0.6 is 25.3 Å². The second-order valence-corrected chi connectivity index (χ2v) is 8.15. The van der Waals surface area contributed by atoms with E-state index in [0.29, 0.717) is 11.7 Å². The first-order valence-electron chi connectivity index (χ1n) is 7.32. The third-order valence-electron chi connectivity index (χ3n) is 5.40. The molecule has 0 unspecified atom stereocenters. The summed E-state index contributed by atoms with van der Waals surface area (Å²) in [7, 11) is 0. The van der Waals surface area contributed by atoms with Crippen LogP contribution in [-0.4, -0.2) is 9.19 Å². The summed E-state index contributed by atoms with van der Waals surface area (Å²) in [6.45, 7) is 4.44. The second kappa shape index (κ2) is 4.74. The maximum Gasteiger partial charge on any atom is 0.115 e. The fourth-order valence-electron chi connectivity index (χ4n) is 4.26. The smallest absolute Gasteiger partial charge is 0.115 e. The number of aryl methyl sites for hydroxylation is 1. The van der Waals surface area contributed by atoms with Crippen LogP contribution in [0, 0.1) is 5.92 Å². The predicted octanol–water partition coefficient (Wildman–Crippen LogP) is 4.51. The number of hydrogen-bond acceptors (Lipinski definition) is 3. The van der Waals surface area contributed by atoms with E-state index in [9.17, 15) is 5.11 Å². The number of phenols is 1. The van der Waals surface area contributed by atoms with Crippen molar-refractivity contribution in [1.82, 2.24) is 0 Å². The summed E-state index contributed by atoms with van der Waals surface area (Å²) >= 11 is 9.86. The van der Waals surface area contributed by atoms with Gasteiger partial charge in [0.05, 0.1) is 4.08 Å². The summed E-state index contributed by atoms with van der Waals surface area (Å²) in [5.74, 6) is 0.803. The van der Waals surface area contributed by atoms with E-state index in [-0.39, 0.29) is 9.49 Å². The minimum absolute atomic E-state index is 0.108. The lowest BCUT2D eigenvalue weighted by molar-refractivity contribution is 0.205. The molecule has 0 aromatic heterocycles. The highest BCUT2D eigenvalue weighted by Gasteiger charge is 2.52. The minimum atomic E-state index is -0.322. The maximum absolute atomic E-state index is 9.71. The number of aromatic hydroxyl groups is 1. The van der Waals surface area contributed by atoms with Gasteiger partial charge in [-0.1, -0.05) is 19.1 Å². The normalized spacial score (nSPS) is 33.6. The number of fused-ring (bicyclic) bond motifs is 3. The van der Waals surface area contributed by atoms with Crippen LogP contribution < -0.4 is 0 Å². The Labute approximate surface area is 132 Å². The van der Waals surface area contributed by atoms with Gasteiger partial charge in [0.1, 0.15) is 5.75 Å². The first-order valence-corrected chi connectivity index (χ1v) is 8.22. The van der Waals surface area contributed by atoms with Gasteiger partial charge in [-0.2, -0.15) is 25.3 Å². The Hall–Kier alpha value is -0.540. The van der Waals surface area contributed by atoms with Gasteiger partial charge in [0.15, 0.2) is 0 Å². The summed E-state index contributed by atoms with van der Waals surface area (Å²) in [5.41, 5.74) is 4.14. The molecular weight excluding hydrogens is 284 g/mol. The molecule has 108 valence electrons. The summed E-state index contributed by atoms with van der Waals surface area (Å²) in [6.07, 6.45) is 6.46. The van der Waals surface area contributed by atoms with Gasteiger partial charge in [0.2, 0.25) is 0 Å². The van der Waals surface area contributed by atoms with Gasteiger partial charge in [-0.15, -0.1) is 0 Å². The molecule has 0 aliphatic heterocycles. The second-order valence-electron chi connectivity index (χ2n) is 6.39. The van der Waals surface area contributed by atoms with Crippen molar-refractivity contribution in [3.63, 3.8) is 0 Å². The molecule has 1 N–H and O–H groups in total. The molecule has 1 aromatic rings. The molecule has 0 bridgehead atoms. The highest BCUT2D eigenvalue weighted by Crippen LogP contribution is 2.59. The van der Waals surface area contributed by atoms with Gasteiger partial charge < -0.3 is 5.11 Å². The molecule has 1 fully saturated rings. The van der Waals surface area contributed by atoms with Crippen LogP contribution in [0.2, 0.25) is 0 Å². The molecule has 3 heteroatoms. The van der Waals surface area contributed by atoms with Gasteiger partial charge in [-0.25, -0.2) is 0 Å². The Balaban J connectivity index is 2.11. The Kier molecular flexibility index (Phi) is 3.41. The number of benzene rings is 1. The monoisotopic (exact) mass is 306 g/mol. The van der Waals surface area contributed by atoms with Crippen LogP contribution in [-0.2, 0) is 11.8 Å². The van der Waals surface area contributed by atoms with Crippen LogP contribution in [0.3, 0.4) is 0 Å². The molecule has 0 saturated heterocycles. The highest BCUT2D eigenvalue weighted by molar-refractivity contribution is 8.01. The Morgan fingerprint density at radius 2 is 2.05 bits per heavy atom. The lowest BCUT2D eigenvalue weighted by Gasteiger charge is -2.54. The van der Waals surface area contributed by atoms with Crippen molar-refractivity contribution in [2.75, 3.05) is 0 Å². The van der Waals surface area contributed by atoms with Gasteiger partial charge in [-0.3, -0.25) is 0 Å². The lowest BCUT2D eigenvalue weighted by Crippen LogP contribution is -2.50. The number of phenolic OH excluding ortho intramolecular Hbond substituents is 1. The zero-order valence-corrected chi connectivity index (χ0v) is 13.8. The Morgan fingerprint density at radius 1 is 1.30 bits per heavy atom. The predicted molar refractivity (Wildman–Crippen MR) is 91.0 cm³/mol. The summed E-state index contributed by atoms with van der Waals surface area (Å²) in [5, 5.41) is 9.71. The molecule has 3 rings (SSSR count). The van der Waals surface area contributed by atoms with Crippen molar-refractivity contribution < 1.29 is 5.11 Å². The Bertz CT molecular complexity index is 576. The molecule has 0 spiro atoms. The molecule has 2 aliphatic carbocycles. The van der Waals surface area contributed by atoms with Crippen molar-refractivity contribution in [3.05, 3.63) is 41.0 Å². The molecule has 0 heterocycles. The van der Waals surface area contributed by atoms with Crippen LogP contribution in [0.4, 0.5) is 0 Å². The zero-order chi connectivity index (χ0) is 14.5. The molecule has 20 heavy (non-hydrogen) atoms. The molecule has 2 aliphatic rings. The molecule has 1 saturated carbocycles. The number of hydrogen-bond donors (Lipinski definition) is 3. The summed E-state index contributed by atoms with van der Waals surface area (Å²) < 4.78 is -0.322. The maximum atomic E-state index is 9.71. The first kappa shape index (κ1) is 14.4. The van der Waals surface area contributed by atoms with E-state index < -0.39 is 0 Å². The van der Waals surface area contributed by atoms with E-state index in [1.165, 1.54) is 16.7 Å². The quantitative estimate of drug-likeness (QED) is 0.366. The van der Waals surface area contributed by atoms with Crippen molar-refractivity contribution in [1.29, 1.82) is 0 Å². The molecule has 1 aromatic carbocycles. The van der Waals surface area contributed by atoms with Crippen LogP contribution in [0.5, 0.6) is 5.75 Å². The number of rotatable bonds is 0. The van der Waals surface area contributed by atoms with Crippen molar-refractivity contribution in [2.45, 2.75) is 49.0 Å². The molecule has 1 nitrogen and oxygen atoms in total. The van der Waals surface area contributed by atoms with Gasteiger partial charge in [-0.05, 0) is 72.8 Å². The van der Waals surface area contributed by atoms with Crippen LogP contribution in [0.1, 0.15) is 44.2 Å². The lowest BCUT2D eigenvalue weighted by atomic mass is 9.57. The van der Waals surface area contributed by atoms with Crippen molar-refractivity contribution in [3.8, 4) is 5.75 Å². The Morgan fingerprint density at radius 3 is 2.75 bits per heavy atom. The molecule has 2 atom stereocenters. The summed E-state index contributed by atoms with van der Waals surface area (Å²) in [4.78, 5) is 0. The van der Waals surface area contributed by atoms with Crippen molar-refractivity contribution in [2.24, 2.45) is 5.92 Å². The number of thiol groups is 2. The van der Waals surface area contributed by atoms with Gasteiger partial charge >= 0.3 is 0 Å². The fourth-order valence-corrected chi connectivity index (χ4v) is 5.57. The van der Waals surface area contributed by atoms with E-state index in [1.54, 1.807) is 0 Å². The van der Waals surface area contributed by atoms with Gasteiger partial charge in [0, 0.05) is 0 Å². The van der Waals surface area contributed by atoms with Crippen molar-refractivity contribution >= 4 is 25.3 Å². The van der Waals surface area contributed by atoms with Crippen LogP contribution in [0.25, 0.3) is 0 Å². The molecule has 0 radical (unpaired) electrons. The third kappa shape index (κ3) is 1.93. The van der Waals surface area contributed by atoms with E-state index in [0.717, 1.165) is 25.7 Å². The van der Waals surface area contributed by atoms with Gasteiger partial charge in [0.25, 0.3) is 0 Å². The zero-order valence-electron chi connectivity index (χ0n) is 12.1. The summed E-state index contributed by atoms with van der Waals surface area (Å²) in [6, 6.07) is 5.85. The highest BCUT2D eigenvalue weighted by atomic mass is 32.2. The SMILES string of the molecule is CC=C1CC[C@@]2(C)c3ccc(O)cc3CC[C@@H]2C1(S)S. The van der Waals surface area contributed by atoms with E-state index >= 15 is 0 Å². The van der Waals surface area contributed by atoms with Crippen LogP contribution in [0.15, 0.2) is 29.8 Å². The minimum Gasteiger partial charge on any atom is -0.508 e. The largest absolute Gasteiger partial charge is 0.508 e. The number of allylic oxidation sites excluding steroid dienone is 1. The average Bonchev–Trinajstić information content (AvgIpc) is 2.37. The third-order valence-corrected chi connectivity index (χ3v) is 6.59. The average molecular weight is 306 g/mol. The van der Waals surface area contributed by atoms with E-state index in [4.69, 9.17) is 25.3 Å². The topological polar surface area (TPSA) is 20.2 Å². The first-order chi connectivity index (χ1) is 9.39. The fraction of sp³-hybridized carbons (Fsp3) is 0.529.